The monoisotopic (exact) mass is 234 g/mol. The molecule has 0 aromatic rings. The van der Waals surface area contributed by atoms with Gasteiger partial charge in [0.05, 0.1) is 18.8 Å². The molecule has 0 radical (unpaired) electrons. The van der Waals surface area contributed by atoms with Crippen molar-refractivity contribution in [3.8, 4) is 0 Å². The molecule has 1 rings (SSSR count). The van der Waals surface area contributed by atoms with E-state index in [2.05, 4.69) is 6.92 Å². The SMILES string of the molecule is COCC1O[C@@H](OC)C(OC)C(OC)[C@@H]1C. The zero-order valence-electron chi connectivity index (χ0n) is 10.6. The van der Waals surface area contributed by atoms with E-state index in [0.717, 1.165) is 0 Å². The normalized spacial score (nSPS) is 39.9. The first-order valence-electron chi connectivity index (χ1n) is 5.42. The van der Waals surface area contributed by atoms with Crippen LogP contribution in [0.15, 0.2) is 0 Å². The first-order valence-corrected chi connectivity index (χ1v) is 5.42. The Kier molecular flexibility index (Phi) is 5.64. The van der Waals surface area contributed by atoms with Crippen LogP contribution in [-0.4, -0.2) is 59.6 Å². The predicted molar refractivity (Wildman–Crippen MR) is 58.3 cm³/mol. The quantitative estimate of drug-likeness (QED) is 0.699. The van der Waals surface area contributed by atoms with Gasteiger partial charge < -0.3 is 23.7 Å². The molecule has 1 saturated heterocycles. The highest BCUT2D eigenvalue weighted by atomic mass is 16.7. The van der Waals surface area contributed by atoms with Crippen LogP contribution in [0.4, 0.5) is 0 Å². The third-order valence-electron chi connectivity index (χ3n) is 3.11. The van der Waals surface area contributed by atoms with Crippen molar-refractivity contribution < 1.29 is 23.7 Å². The van der Waals surface area contributed by atoms with Gasteiger partial charge in [-0.2, -0.15) is 0 Å². The fourth-order valence-corrected chi connectivity index (χ4v) is 2.18. The molecule has 3 unspecified atom stereocenters. The molecule has 5 atom stereocenters. The molecule has 0 N–H and O–H groups in total. The summed E-state index contributed by atoms with van der Waals surface area (Å²) in [5.74, 6) is 0.196. The van der Waals surface area contributed by atoms with Crippen LogP contribution in [0.3, 0.4) is 0 Å². The summed E-state index contributed by atoms with van der Waals surface area (Å²) >= 11 is 0. The molecular weight excluding hydrogens is 212 g/mol. The molecule has 0 aliphatic carbocycles. The highest BCUT2D eigenvalue weighted by molar-refractivity contribution is 4.88. The summed E-state index contributed by atoms with van der Waals surface area (Å²) in [4.78, 5) is 0. The molecule has 5 heteroatoms. The van der Waals surface area contributed by atoms with Crippen molar-refractivity contribution in [2.75, 3.05) is 35.0 Å². The van der Waals surface area contributed by atoms with Crippen LogP contribution in [0.5, 0.6) is 0 Å². The number of methoxy groups -OCH3 is 4. The lowest BCUT2D eigenvalue weighted by atomic mass is 9.90. The van der Waals surface area contributed by atoms with E-state index in [-0.39, 0.29) is 24.2 Å². The minimum Gasteiger partial charge on any atom is -0.382 e. The molecular formula is C11H22O5. The highest BCUT2D eigenvalue weighted by Crippen LogP contribution is 2.29. The van der Waals surface area contributed by atoms with Gasteiger partial charge in [0.25, 0.3) is 0 Å². The van der Waals surface area contributed by atoms with Gasteiger partial charge in [-0.05, 0) is 0 Å². The van der Waals surface area contributed by atoms with E-state index in [1.165, 1.54) is 0 Å². The van der Waals surface area contributed by atoms with Crippen molar-refractivity contribution >= 4 is 0 Å². The average Bonchev–Trinajstić information content (AvgIpc) is 2.31. The first kappa shape index (κ1) is 13.9. The molecule has 0 aromatic carbocycles. The van der Waals surface area contributed by atoms with Crippen LogP contribution in [0.2, 0.25) is 0 Å². The topological polar surface area (TPSA) is 46.2 Å². The number of hydrogen-bond acceptors (Lipinski definition) is 5. The second-order valence-corrected chi connectivity index (χ2v) is 3.99. The maximum Gasteiger partial charge on any atom is 0.186 e. The van der Waals surface area contributed by atoms with Gasteiger partial charge in [0.1, 0.15) is 6.10 Å². The van der Waals surface area contributed by atoms with Crippen molar-refractivity contribution in [3.05, 3.63) is 0 Å². The molecule has 0 amide bonds. The van der Waals surface area contributed by atoms with Crippen LogP contribution in [0, 0.1) is 5.92 Å². The lowest BCUT2D eigenvalue weighted by Crippen LogP contribution is -2.56. The summed E-state index contributed by atoms with van der Waals surface area (Å²) in [5.41, 5.74) is 0. The van der Waals surface area contributed by atoms with E-state index < -0.39 is 6.29 Å². The minimum atomic E-state index is -0.411. The summed E-state index contributed by atoms with van der Waals surface area (Å²) in [6.07, 6.45) is -0.709. The van der Waals surface area contributed by atoms with Crippen LogP contribution < -0.4 is 0 Å². The van der Waals surface area contributed by atoms with Gasteiger partial charge in [0.15, 0.2) is 6.29 Å². The second kappa shape index (κ2) is 6.51. The predicted octanol–water partition coefficient (Wildman–Crippen LogP) is 0.670. The average molecular weight is 234 g/mol. The summed E-state index contributed by atoms with van der Waals surface area (Å²) in [5, 5.41) is 0. The van der Waals surface area contributed by atoms with Gasteiger partial charge in [-0.15, -0.1) is 0 Å². The van der Waals surface area contributed by atoms with E-state index in [4.69, 9.17) is 23.7 Å². The van der Waals surface area contributed by atoms with Gasteiger partial charge in [0, 0.05) is 34.4 Å². The van der Waals surface area contributed by atoms with E-state index in [0.29, 0.717) is 6.61 Å². The Bertz CT molecular complexity index is 199. The van der Waals surface area contributed by atoms with Crippen molar-refractivity contribution in [2.45, 2.75) is 31.5 Å². The zero-order chi connectivity index (χ0) is 12.1. The van der Waals surface area contributed by atoms with Crippen LogP contribution in [0.25, 0.3) is 0 Å². The zero-order valence-corrected chi connectivity index (χ0v) is 10.6. The number of rotatable bonds is 5. The van der Waals surface area contributed by atoms with E-state index in [1.807, 2.05) is 0 Å². The molecule has 1 aliphatic heterocycles. The van der Waals surface area contributed by atoms with Gasteiger partial charge in [-0.1, -0.05) is 6.92 Å². The highest BCUT2D eigenvalue weighted by Gasteiger charge is 2.44. The summed E-state index contributed by atoms with van der Waals surface area (Å²) < 4.78 is 27.0. The molecule has 1 aliphatic rings. The second-order valence-electron chi connectivity index (χ2n) is 3.99. The molecule has 1 heterocycles. The fraction of sp³-hybridized carbons (Fsp3) is 1.00. The Balaban J connectivity index is 2.76. The molecule has 16 heavy (non-hydrogen) atoms. The van der Waals surface area contributed by atoms with Crippen molar-refractivity contribution in [3.63, 3.8) is 0 Å². The summed E-state index contributed by atoms with van der Waals surface area (Å²) in [6.45, 7) is 2.59. The third-order valence-corrected chi connectivity index (χ3v) is 3.11. The fourth-order valence-electron chi connectivity index (χ4n) is 2.18. The Morgan fingerprint density at radius 3 is 2.00 bits per heavy atom. The van der Waals surface area contributed by atoms with Gasteiger partial charge in [-0.3, -0.25) is 0 Å². The van der Waals surface area contributed by atoms with Crippen molar-refractivity contribution in [1.29, 1.82) is 0 Å². The van der Waals surface area contributed by atoms with E-state index >= 15 is 0 Å². The lowest BCUT2D eigenvalue weighted by Gasteiger charge is -2.43. The lowest BCUT2D eigenvalue weighted by molar-refractivity contribution is -0.290. The van der Waals surface area contributed by atoms with Crippen LogP contribution >= 0.6 is 0 Å². The molecule has 1 fully saturated rings. The maximum atomic E-state index is 5.77. The van der Waals surface area contributed by atoms with Crippen molar-refractivity contribution in [2.24, 2.45) is 5.92 Å². The van der Waals surface area contributed by atoms with E-state index in [1.54, 1.807) is 28.4 Å². The first-order chi connectivity index (χ1) is 7.69. The summed E-state index contributed by atoms with van der Waals surface area (Å²) in [7, 11) is 6.57. The Hall–Kier alpha value is -0.200. The van der Waals surface area contributed by atoms with Gasteiger partial charge in [0.2, 0.25) is 0 Å². The van der Waals surface area contributed by atoms with E-state index in [9.17, 15) is 0 Å². The molecule has 5 nitrogen and oxygen atoms in total. The van der Waals surface area contributed by atoms with Crippen LogP contribution in [0.1, 0.15) is 6.92 Å². The Morgan fingerprint density at radius 1 is 0.938 bits per heavy atom. The van der Waals surface area contributed by atoms with Gasteiger partial charge in [-0.25, -0.2) is 0 Å². The Labute approximate surface area is 97.0 Å². The maximum absolute atomic E-state index is 5.77. The minimum absolute atomic E-state index is 0.0358. The number of hydrogen-bond donors (Lipinski definition) is 0. The molecule has 0 saturated carbocycles. The smallest absolute Gasteiger partial charge is 0.186 e. The molecule has 96 valence electrons. The van der Waals surface area contributed by atoms with Gasteiger partial charge >= 0.3 is 0 Å². The molecule has 0 bridgehead atoms. The standard InChI is InChI=1S/C11H22O5/c1-7-8(6-12-2)16-11(15-5)10(14-4)9(7)13-3/h7-11H,6H2,1-5H3/t7-,8?,9?,10?,11-/m1/s1. The van der Waals surface area contributed by atoms with Crippen molar-refractivity contribution in [1.82, 2.24) is 0 Å². The molecule has 0 spiro atoms. The number of ether oxygens (including phenoxy) is 5. The third kappa shape index (κ3) is 2.73. The molecule has 0 aromatic heterocycles. The largest absolute Gasteiger partial charge is 0.382 e. The summed E-state index contributed by atoms with van der Waals surface area (Å²) in [6, 6.07) is 0. The Morgan fingerprint density at radius 2 is 1.56 bits per heavy atom. The van der Waals surface area contributed by atoms with Crippen LogP contribution in [-0.2, 0) is 23.7 Å².